The van der Waals surface area contributed by atoms with E-state index in [0.29, 0.717) is 5.52 Å². The maximum absolute atomic E-state index is 13.2. The lowest BCUT2D eigenvalue weighted by Gasteiger charge is -2.22. The highest BCUT2D eigenvalue weighted by atomic mass is 32.2. The lowest BCUT2D eigenvalue weighted by Crippen LogP contribution is -2.34. The number of rotatable bonds is 3. The second-order valence-corrected chi connectivity index (χ2v) is 10.5. The van der Waals surface area contributed by atoms with Gasteiger partial charge in [0.25, 0.3) is 10.0 Å². The van der Waals surface area contributed by atoms with Crippen LogP contribution in [0.25, 0.3) is 10.9 Å². The fourth-order valence-electron chi connectivity index (χ4n) is 3.95. The molecule has 1 N–H and O–H groups in total. The summed E-state index contributed by atoms with van der Waals surface area (Å²) in [5.41, 5.74) is 3.18. The van der Waals surface area contributed by atoms with Gasteiger partial charge in [-0.05, 0) is 75.9 Å². The van der Waals surface area contributed by atoms with Crippen LogP contribution in [0.3, 0.4) is 0 Å². The zero-order chi connectivity index (χ0) is 21.7. The van der Waals surface area contributed by atoms with Crippen LogP contribution in [-0.2, 0) is 21.2 Å². The van der Waals surface area contributed by atoms with Gasteiger partial charge < -0.3 is 10.1 Å². The van der Waals surface area contributed by atoms with Crippen molar-refractivity contribution >= 4 is 27.0 Å². The highest BCUT2D eigenvalue weighted by Gasteiger charge is 2.29. The van der Waals surface area contributed by atoms with Crippen molar-refractivity contribution in [3.05, 3.63) is 65.4 Å². The first-order valence-electron chi connectivity index (χ1n) is 10.0. The molecule has 0 unspecified atom stereocenters. The van der Waals surface area contributed by atoms with E-state index < -0.39 is 21.7 Å². The first kappa shape index (κ1) is 20.5. The summed E-state index contributed by atoms with van der Waals surface area (Å²) in [5, 5.41) is 3.84. The van der Waals surface area contributed by atoms with Crippen LogP contribution in [0.5, 0.6) is 0 Å². The minimum Gasteiger partial charge on any atom is -0.444 e. The molecule has 1 aliphatic rings. The van der Waals surface area contributed by atoms with Crippen LogP contribution in [-0.4, -0.2) is 24.1 Å². The van der Waals surface area contributed by atoms with Gasteiger partial charge in [0.1, 0.15) is 5.60 Å². The van der Waals surface area contributed by atoms with Crippen molar-refractivity contribution < 1.29 is 17.9 Å². The molecule has 30 heavy (non-hydrogen) atoms. The number of alkyl carbamates (subject to hydrolysis) is 1. The zero-order valence-electron chi connectivity index (χ0n) is 17.6. The van der Waals surface area contributed by atoms with Gasteiger partial charge in [-0.3, -0.25) is 0 Å². The van der Waals surface area contributed by atoms with Crippen LogP contribution in [0.15, 0.2) is 53.6 Å². The molecule has 6 nitrogen and oxygen atoms in total. The van der Waals surface area contributed by atoms with Crippen LogP contribution in [0.1, 0.15) is 49.9 Å². The first-order valence-corrected chi connectivity index (χ1v) is 11.4. The van der Waals surface area contributed by atoms with Crippen LogP contribution in [0.2, 0.25) is 0 Å². The molecule has 1 heterocycles. The maximum Gasteiger partial charge on any atom is 0.408 e. The minimum atomic E-state index is -3.68. The Morgan fingerprint density at radius 1 is 1.10 bits per heavy atom. The van der Waals surface area contributed by atoms with Crippen molar-refractivity contribution in [3.63, 3.8) is 0 Å². The van der Waals surface area contributed by atoms with E-state index in [9.17, 15) is 13.2 Å². The predicted molar refractivity (Wildman–Crippen MR) is 116 cm³/mol. The number of aryl methyl sites for hydroxylation is 2. The molecule has 0 saturated heterocycles. The van der Waals surface area contributed by atoms with Crippen LogP contribution >= 0.6 is 0 Å². The van der Waals surface area contributed by atoms with Crippen molar-refractivity contribution in [2.75, 3.05) is 0 Å². The monoisotopic (exact) mass is 426 g/mol. The number of carbonyl (C=O) groups excluding carboxylic acids is 1. The molecule has 1 aliphatic carbocycles. The number of hydrogen-bond donors (Lipinski definition) is 1. The molecule has 7 heteroatoms. The van der Waals surface area contributed by atoms with E-state index >= 15 is 0 Å². The van der Waals surface area contributed by atoms with Gasteiger partial charge in [-0.2, -0.15) is 0 Å². The highest BCUT2D eigenvalue weighted by molar-refractivity contribution is 7.90. The van der Waals surface area contributed by atoms with Gasteiger partial charge in [-0.25, -0.2) is 17.2 Å². The second-order valence-electron chi connectivity index (χ2n) is 8.73. The average molecular weight is 427 g/mol. The van der Waals surface area contributed by atoms with Crippen molar-refractivity contribution in [3.8, 4) is 0 Å². The number of aromatic nitrogens is 1. The Morgan fingerprint density at radius 3 is 2.47 bits per heavy atom. The van der Waals surface area contributed by atoms with E-state index in [1.807, 2.05) is 45.9 Å². The third-order valence-corrected chi connectivity index (χ3v) is 7.02. The molecule has 4 rings (SSSR count). The Balaban J connectivity index is 1.68. The largest absolute Gasteiger partial charge is 0.444 e. The lowest BCUT2D eigenvalue weighted by molar-refractivity contribution is 0.0503. The van der Waals surface area contributed by atoms with Crippen LogP contribution < -0.4 is 5.32 Å². The van der Waals surface area contributed by atoms with Gasteiger partial charge in [-0.1, -0.05) is 23.8 Å². The quantitative estimate of drug-likeness (QED) is 0.659. The Bertz CT molecular complexity index is 1220. The summed E-state index contributed by atoms with van der Waals surface area (Å²) in [4.78, 5) is 12.4. The number of ether oxygens (including phenoxy) is 1. The summed E-state index contributed by atoms with van der Waals surface area (Å²) in [6.45, 7) is 7.41. The second kappa shape index (κ2) is 7.16. The predicted octanol–water partition coefficient (Wildman–Crippen LogP) is 4.70. The molecule has 0 radical (unpaired) electrons. The topological polar surface area (TPSA) is 77.4 Å². The number of fused-ring (bicyclic) bond motifs is 3. The van der Waals surface area contributed by atoms with Crippen molar-refractivity contribution in [1.29, 1.82) is 0 Å². The Labute approximate surface area is 176 Å². The first-order chi connectivity index (χ1) is 14.1. The molecule has 1 amide bonds. The van der Waals surface area contributed by atoms with Crippen molar-refractivity contribution in [1.82, 2.24) is 9.29 Å². The van der Waals surface area contributed by atoms with E-state index in [4.69, 9.17) is 4.74 Å². The summed E-state index contributed by atoms with van der Waals surface area (Å²) in [5.74, 6) is 0. The molecule has 0 spiro atoms. The minimum absolute atomic E-state index is 0.142. The van der Waals surface area contributed by atoms with Gasteiger partial charge in [0.2, 0.25) is 0 Å². The summed E-state index contributed by atoms with van der Waals surface area (Å²) in [6.07, 6.45) is 2.68. The Morgan fingerprint density at radius 2 is 1.80 bits per heavy atom. The number of nitrogens with one attached hydrogen (secondary N) is 1. The Hall–Kier alpha value is -2.80. The number of nitrogens with zero attached hydrogens (tertiary/aromatic N) is 1. The number of hydrogen-bond acceptors (Lipinski definition) is 4. The molecule has 158 valence electrons. The lowest BCUT2D eigenvalue weighted by atomic mass is 10.0. The normalized spacial score (nSPS) is 16.5. The number of amides is 1. The molecule has 3 aromatic rings. The molecule has 0 fully saturated rings. The van der Waals surface area contributed by atoms with E-state index in [2.05, 4.69) is 5.32 Å². The van der Waals surface area contributed by atoms with Crippen LogP contribution in [0, 0.1) is 6.92 Å². The molecule has 0 saturated carbocycles. The number of benzene rings is 2. The maximum atomic E-state index is 13.2. The number of carbonyl (C=O) groups is 1. The molecule has 2 aromatic carbocycles. The zero-order valence-corrected chi connectivity index (χ0v) is 18.4. The summed E-state index contributed by atoms with van der Waals surface area (Å²) < 4.78 is 33.0. The molecule has 1 atom stereocenters. The summed E-state index contributed by atoms with van der Waals surface area (Å²) >= 11 is 0. The standard InChI is InChI=1S/C23H26N2O4S/c1-15-5-7-16(8-6-15)30(27,28)25-14-13-19-17-9-11-20(18(17)10-12-21(19)25)24-22(26)29-23(2,3)4/h5-8,10,12-14,20H,9,11H2,1-4H3,(H,24,26)/t20-/m1/s1. The third kappa shape index (κ3) is 3.69. The van der Waals surface area contributed by atoms with E-state index in [1.165, 1.54) is 3.97 Å². The molecule has 1 aromatic heterocycles. The van der Waals surface area contributed by atoms with E-state index in [0.717, 1.165) is 34.9 Å². The van der Waals surface area contributed by atoms with Gasteiger partial charge in [0.15, 0.2) is 0 Å². The molecule has 0 bridgehead atoms. The summed E-state index contributed by atoms with van der Waals surface area (Å²) in [6, 6.07) is 12.3. The molecular formula is C23H26N2O4S. The van der Waals surface area contributed by atoms with Gasteiger partial charge in [-0.15, -0.1) is 0 Å². The van der Waals surface area contributed by atoms with Gasteiger partial charge in [0.05, 0.1) is 16.5 Å². The third-order valence-electron chi connectivity index (χ3n) is 5.31. The Kier molecular flexibility index (Phi) is 4.89. The van der Waals surface area contributed by atoms with E-state index in [1.54, 1.807) is 30.5 Å². The fourth-order valence-corrected chi connectivity index (χ4v) is 5.30. The van der Waals surface area contributed by atoms with E-state index in [-0.39, 0.29) is 10.9 Å². The fraction of sp³-hybridized carbons (Fsp3) is 0.348. The van der Waals surface area contributed by atoms with Crippen molar-refractivity contribution in [2.45, 2.75) is 57.1 Å². The highest BCUT2D eigenvalue weighted by Crippen LogP contribution is 2.37. The smallest absolute Gasteiger partial charge is 0.408 e. The van der Waals surface area contributed by atoms with Gasteiger partial charge >= 0.3 is 6.09 Å². The molecule has 0 aliphatic heterocycles. The van der Waals surface area contributed by atoms with Crippen LogP contribution in [0.4, 0.5) is 4.79 Å². The average Bonchev–Trinajstić information content (AvgIpc) is 3.24. The summed E-state index contributed by atoms with van der Waals surface area (Å²) in [7, 11) is -3.68. The molecular weight excluding hydrogens is 400 g/mol. The van der Waals surface area contributed by atoms with Gasteiger partial charge in [0, 0.05) is 11.6 Å². The SMILES string of the molecule is Cc1ccc(S(=O)(=O)n2ccc3c4c(ccc32)[C@H](NC(=O)OC(C)(C)C)CC4)cc1. The van der Waals surface area contributed by atoms with Crippen molar-refractivity contribution in [2.24, 2.45) is 0 Å².